The summed E-state index contributed by atoms with van der Waals surface area (Å²) in [5, 5.41) is 25.3. The van der Waals surface area contributed by atoms with Crippen LogP contribution in [-0.4, -0.2) is 57.5 Å². The third kappa shape index (κ3) is 5.26. The van der Waals surface area contributed by atoms with Crippen molar-refractivity contribution in [2.24, 2.45) is 0 Å². The maximum atomic E-state index is 12.5. The zero-order valence-corrected chi connectivity index (χ0v) is 19.7. The summed E-state index contributed by atoms with van der Waals surface area (Å²) in [6, 6.07) is 4.76. The molecule has 0 aliphatic carbocycles. The van der Waals surface area contributed by atoms with E-state index in [1.54, 1.807) is 38.1 Å². The molecule has 180 valence electrons. The summed E-state index contributed by atoms with van der Waals surface area (Å²) < 4.78 is 4.83. The number of benzene rings is 1. The second-order valence-electron chi connectivity index (χ2n) is 8.81. The molecule has 2 aliphatic rings. The highest BCUT2D eigenvalue weighted by Gasteiger charge is 2.62. The SMILES string of the molecule is CCCCOc1ccc(C(CCC(=O)N[C@@H]2C(=O)N3C(C(=O)[O-])C(C)(C)S[C@H]23)C(=O)[O-])cc1. The van der Waals surface area contributed by atoms with Gasteiger partial charge in [0.05, 0.1) is 18.6 Å². The predicted molar refractivity (Wildman–Crippen MR) is 117 cm³/mol. The summed E-state index contributed by atoms with van der Waals surface area (Å²) in [4.78, 5) is 49.3. The largest absolute Gasteiger partial charge is 0.549 e. The Hall–Kier alpha value is -2.75. The standard InChI is InChI=1S/C23H30N2O7S/c1-4-5-12-32-14-8-6-13(7-9-14)15(21(28)29)10-11-16(26)24-17-19(27)25-18(22(30)31)23(2,3)33-20(17)25/h6-9,15,17-18,20H,4-5,10-12H2,1-3H3,(H,24,26)(H,28,29)(H,30,31)/p-2/t15?,17-,18?,20-/m1/s1. The van der Waals surface area contributed by atoms with Crippen molar-refractivity contribution in [3.8, 4) is 5.75 Å². The van der Waals surface area contributed by atoms with Gasteiger partial charge in [0.2, 0.25) is 11.8 Å². The van der Waals surface area contributed by atoms with Gasteiger partial charge in [-0.1, -0.05) is 25.5 Å². The second-order valence-corrected chi connectivity index (χ2v) is 10.6. The van der Waals surface area contributed by atoms with Crippen molar-refractivity contribution >= 4 is 35.5 Å². The van der Waals surface area contributed by atoms with E-state index in [2.05, 4.69) is 12.2 Å². The van der Waals surface area contributed by atoms with Crippen LogP contribution in [0.3, 0.4) is 0 Å². The molecule has 0 radical (unpaired) electrons. The number of unbranched alkanes of at least 4 members (excludes halogenated alkanes) is 1. The first-order chi connectivity index (χ1) is 15.6. The van der Waals surface area contributed by atoms with Crippen LogP contribution in [0.5, 0.6) is 5.75 Å². The molecule has 0 aromatic heterocycles. The van der Waals surface area contributed by atoms with Gasteiger partial charge in [-0.3, -0.25) is 9.59 Å². The van der Waals surface area contributed by atoms with Crippen LogP contribution in [0.2, 0.25) is 0 Å². The third-order valence-corrected chi connectivity index (χ3v) is 7.55. The number of hydrogen-bond acceptors (Lipinski definition) is 8. The molecule has 2 unspecified atom stereocenters. The minimum absolute atomic E-state index is 0.000195. The maximum Gasteiger partial charge on any atom is 0.249 e. The van der Waals surface area contributed by atoms with Crippen molar-refractivity contribution in [1.82, 2.24) is 10.2 Å². The number of hydrogen-bond donors (Lipinski definition) is 1. The van der Waals surface area contributed by atoms with Gasteiger partial charge in [0.25, 0.3) is 0 Å². The molecule has 4 atom stereocenters. The number of amides is 2. The Morgan fingerprint density at radius 1 is 1.21 bits per heavy atom. The van der Waals surface area contributed by atoms with Crippen molar-refractivity contribution < 1.29 is 34.1 Å². The van der Waals surface area contributed by atoms with Gasteiger partial charge in [0, 0.05) is 23.1 Å². The Labute approximate surface area is 196 Å². The van der Waals surface area contributed by atoms with E-state index in [1.807, 2.05) is 0 Å². The lowest BCUT2D eigenvalue weighted by Gasteiger charge is -2.45. The average Bonchev–Trinajstić information content (AvgIpc) is 3.01. The number of aliphatic carboxylic acids is 2. The van der Waals surface area contributed by atoms with E-state index in [1.165, 1.54) is 16.7 Å². The summed E-state index contributed by atoms with van der Waals surface area (Å²) in [5.74, 6) is -3.92. The minimum Gasteiger partial charge on any atom is -0.549 e. The molecule has 2 saturated heterocycles. The monoisotopic (exact) mass is 476 g/mol. The molecule has 1 aromatic rings. The molecule has 2 amide bonds. The Balaban J connectivity index is 1.55. The number of nitrogens with zero attached hydrogens (tertiary/aromatic N) is 1. The number of carbonyl (C=O) groups excluding carboxylic acids is 4. The summed E-state index contributed by atoms with van der Waals surface area (Å²) in [5.41, 5.74) is 0.501. The molecule has 2 heterocycles. The smallest absolute Gasteiger partial charge is 0.249 e. The lowest BCUT2D eigenvalue weighted by atomic mass is 9.93. The van der Waals surface area contributed by atoms with Crippen LogP contribution < -0.4 is 20.3 Å². The van der Waals surface area contributed by atoms with E-state index >= 15 is 0 Å². The van der Waals surface area contributed by atoms with Crippen LogP contribution in [0.1, 0.15) is 57.9 Å². The molecule has 2 aliphatic heterocycles. The van der Waals surface area contributed by atoms with E-state index in [4.69, 9.17) is 4.74 Å². The normalized spacial score (nSPS) is 23.9. The first-order valence-electron chi connectivity index (χ1n) is 11.0. The zero-order chi connectivity index (χ0) is 24.3. The van der Waals surface area contributed by atoms with Crippen molar-refractivity contribution in [3.63, 3.8) is 0 Å². The molecule has 1 N–H and O–H groups in total. The van der Waals surface area contributed by atoms with Crippen molar-refractivity contribution in [3.05, 3.63) is 29.8 Å². The fourth-order valence-corrected chi connectivity index (χ4v) is 5.82. The predicted octanol–water partition coefficient (Wildman–Crippen LogP) is -0.224. The van der Waals surface area contributed by atoms with E-state index in [0.29, 0.717) is 17.9 Å². The number of carboxylic acid groups (broad SMARTS) is 2. The Morgan fingerprint density at radius 2 is 1.88 bits per heavy atom. The lowest BCUT2D eigenvalue weighted by molar-refractivity contribution is -0.312. The number of fused-ring (bicyclic) bond motifs is 1. The highest BCUT2D eigenvalue weighted by molar-refractivity contribution is 8.01. The first-order valence-corrected chi connectivity index (χ1v) is 11.9. The highest BCUT2D eigenvalue weighted by Crippen LogP contribution is 2.50. The van der Waals surface area contributed by atoms with Crippen LogP contribution in [0.25, 0.3) is 0 Å². The van der Waals surface area contributed by atoms with Crippen LogP contribution in [-0.2, 0) is 19.2 Å². The molecular weight excluding hydrogens is 448 g/mol. The maximum absolute atomic E-state index is 12.5. The molecule has 0 bridgehead atoms. The van der Waals surface area contributed by atoms with Gasteiger partial charge in [-0.2, -0.15) is 0 Å². The Kier molecular flexibility index (Phi) is 7.56. The molecular formula is C23H28N2O7S-2. The van der Waals surface area contributed by atoms with Gasteiger partial charge in [0.1, 0.15) is 17.2 Å². The zero-order valence-electron chi connectivity index (χ0n) is 18.9. The summed E-state index contributed by atoms with van der Waals surface area (Å²) >= 11 is 1.30. The van der Waals surface area contributed by atoms with Crippen molar-refractivity contribution in [1.29, 1.82) is 0 Å². The summed E-state index contributed by atoms with van der Waals surface area (Å²) in [7, 11) is 0. The summed E-state index contributed by atoms with van der Waals surface area (Å²) in [6.45, 7) is 6.07. The number of nitrogens with one attached hydrogen (secondary N) is 1. The minimum atomic E-state index is -1.33. The third-order valence-electron chi connectivity index (χ3n) is 5.97. The van der Waals surface area contributed by atoms with Crippen LogP contribution in [0, 0.1) is 0 Å². The number of carboxylic acids is 2. The van der Waals surface area contributed by atoms with Gasteiger partial charge in [-0.25, -0.2) is 0 Å². The molecule has 2 fully saturated rings. The highest BCUT2D eigenvalue weighted by atomic mass is 32.2. The van der Waals surface area contributed by atoms with Crippen LogP contribution >= 0.6 is 11.8 Å². The number of ether oxygens (including phenoxy) is 1. The lowest BCUT2D eigenvalue weighted by Crippen LogP contribution is -2.71. The molecule has 9 nitrogen and oxygen atoms in total. The van der Waals surface area contributed by atoms with E-state index in [0.717, 1.165) is 12.8 Å². The molecule has 1 aromatic carbocycles. The van der Waals surface area contributed by atoms with Crippen molar-refractivity contribution in [2.45, 2.75) is 74.6 Å². The van der Waals surface area contributed by atoms with E-state index in [-0.39, 0.29) is 12.8 Å². The summed E-state index contributed by atoms with van der Waals surface area (Å²) in [6.07, 6.45) is 1.80. The molecule has 33 heavy (non-hydrogen) atoms. The Bertz CT molecular complexity index is 918. The van der Waals surface area contributed by atoms with E-state index in [9.17, 15) is 29.4 Å². The topological polar surface area (TPSA) is 139 Å². The number of carbonyl (C=O) groups is 4. The van der Waals surface area contributed by atoms with Crippen LogP contribution in [0.4, 0.5) is 0 Å². The number of thioether (sulfide) groups is 1. The molecule has 3 rings (SSSR count). The fourth-order valence-electron chi connectivity index (χ4n) is 4.20. The average molecular weight is 477 g/mol. The number of β-lactam (4-membered cyclic amide) rings is 1. The first kappa shape index (κ1) is 24.9. The fraction of sp³-hybridized carbons (Fsp3) is 0.565. The van der Waals surface area contributed by atoms with Gasteiger partial charge in [0.15, 0.2) is 0 Å². The van der Waals surface area contributed by atoms with Gasteiger partial charge in [-0.05, 0) is 44.4 Å². The molecule has 10 heteroatoms. The Morgan fingerprint density at radius 3 is 2.45 bits per heavy atom. The quantitative estimate of drug-likeness (QED) is 0.342. The van der Waals surface area contributed by atoms with Gasteiger partial charge in [-0.15, -0.1) is 11.8 Å². The second kappa shape index (κ2) is 10.0. The van der Waals surface area contributed by atoms with Gasteiger partial charge >= 0.3 is 0 Å². The molecule has 0 spiro atoms. The molecule has 0 saturated carbocycles. The number of rotatable bonds is 11. The van der Waals surface area contributed by atoms with E-state index < -0.39 is 51.9 Å². The van der Waals surface area contributed by atoms with Crippen LogP contribution in [0.15, 0.2) is 24.3 Å². The van der Waals surface area contributed by atoms with Crippen molar-refractivity contribution in [2.75, 3.05) is 6.61 Å². The van der Waals surface area contributed by atoms with Gasteiger partial charge < -0.3 is 34.8 Å².